The molecule has 0 aliphatic carbocycles. The molecule has 0 amide bonds. The molecule has 0 radical (unpaired) electrons. The molecule has 0 spiro atoms. The number of nitrogens with two attached hydrogens (primary N) is 1. The van der Waals surface area contributed by atoms with E-state index in [1.54, 1.807) is 13.0 Å². The van der Waals surface area contributed by atoms with E-state index in [-0.39, 0.29) is 16.3 Å². The Morgan fingerprint density at radius 3 is 2.52 bits per heavy atom. The van der Waals surface area contributed by atoms with Crippen molar-refractivity contribution in [1.82, 2.24) is 0 Å². The summed E-state index contributed by atoms with van der Waals surface area (Å²) in [6, 6.07) is 6.93. The van der Waals surface area contributed by atoms with Gasteiger partial charge in [0.1, 0.15) is 5.82 Å². The first-order chi connectivity index (χ1) is 9.70. The molecule has 0 unspecified atom stereocenters. The van der Waals surface area contributed by atoms with Gasteiger partial charge in [0.25, 0.3) is 10.0 Å². The van der Waals surface area contributed by atoms with E-state index >= 15 is 0 Å². The van der Waals surface area contributed by atoms with Gasteiger partial charge in [-0.1, -0.05) is 15.9 Å². The molecule has 0 fully saturated rings. The molecule has 8 heteroatoms. The van der Waals surface area contributed by atoms with Crippen LogP contribution in [0.5, 0.6) is 0 Å². The molecule has 112 valence electrons. The molecule has 0 aliphatic heterocycles. The number of halogens is 3. The average Bonchev–Trinajstić information content (AvgIpc) is 2.37. The van der Waals surface area contributed by atoms with Crippen molar-refractivity contribution in [2.75, 3.05) is 10.5 Å². The van der Waals surface area contributed by atoms with Crippen molar-refractivity contribution in [3.8, 4) is 0 Å². The van der Waals surface area contributed by atoms with Gasteiger partial charge in [-0.3, -0.25) is 4.72 Å². The first-order valence-electron chi connectivity index (χ1n) is 5.74. The van der Waals surface area contributed by atoms with Crippen molar-refractivity contribution in [1.29, 1.82) is 0 Å². The van der Waals surface area contributed by atoms with Gasteiger partial charge in [-0.15, -0.1) is 0 Å². The van der Waals surface area contributed by atoms with Crippen molar-refractivity contribution in [2.24, 2.45) is 0 Å². The van der Waals surface area contributed by atoms with Gasteiger partial charge in [-0.25, -0.2) is 12.8 Å². The van der Waals surface area contributed by atoms with E-state index in [1.165, 1.54) is 24.3 Å². The van der Waals surface area contributed by atoms with Crippen LogP contribution in [0.3, 0.4) is 0 Å². The largest absolute Gasteiger partial charge is 0.398 e. The highest BCUT2D eigenvalue weighted by atomic mass is 79.9. The van der Waals surface area contributed by atoms with Crippen molar-refractivity contribution in [2.45, 2.75) is 11.8 Å². The van der Waals surface area contributed by atoms with Gasteiger partial charge in [0.2, 0.25) is 0 Å². The summed E-state index contributed by atoms with van der Waals surface area (Å²) >= 11 is 6.40. The SMILES string of the molecule is Cc1cc(Br)c(N)cc1S(=O)(=O)Nc1cc(Br)ccc1F. The quantitative estimate of drug-likeness (QED) is 0.711. The molecule has 0 aromatic heterocycles. The molecule has 0 bridgehead atoms. The number of nitrogens with one attached hydrogen (secondary N) is 1. The Balaban J connectivity index is 2.48. The fourth-order valence-electron chi connectivity index (χ4n) is 1.73. The van der Waals surface area contributed by atoms with Gasteiger partial charge < -0.3 is 5.73 Å². The zero-order chi connectivity index (χ0) is 15.8. The molecule has 2 rings (SSSR count). The van der Waals surface area contributed by atoms with E-state index in [9.17, 15) is 12.8 Å². The first kappa shape index (κ1) is 16.3. The predicted molar refractivity (Wildman–Crippen MR) is 88.2 cm³/mol. The monoisotopic (exact) mass is 436 g/mol. The third-order valence-corrected chi connectivity index (χ3v) is 5.44. The maximum Gasteiger partial charge on any atom is 0.262 e. The highest BCUT2D eigenvalue weighted by Crippen LogP contribution is 2.29. The Morgan fingerprint density at radius 2 is 1.86 bits per heavy atom. The summed E-state index contributed by atoms with van der Waals surface area (Å²) in [6.45, 7) is 1.63. The molecule has 21 heavy (non-hydrogen) atoms. The summed E-state index contributed by atoms with van der Waals surface area (Å²) < 4.78 is 41.8. The van der Waals surface area contributed by atoms with Crippen LogP contribution in [0.1, 0.15) is 5.56 Å². The summed E-state index contributed by atoms with van der Waals surface area (Å²) in [6.07, 6.45) is 0. The first-order valence-corrected chi connectivity index (χ1v) is 8.81. The molecule has 0 aliphatic rings. The minimum atomic E-state index is -3.93. The molecule has 4 nitrogen and oxygen atoms in total. The lowest BCUT2D eigenvalue weighted by Gasteiger charge is -2.12. The van der Waals surface area contributed by atoms with E-state index in [2.05, 4.69) is 36.6 Å². The van der Waals surface area contributed by atoms with Gasteiger partial charge in [0.05, 0.1) is 10.6 Å². The summed E-state index contributed by atoms with van der Waals surface area (Å²) in [4.78, 5) is 0.00238. The molecular weight excluding hydrogens is 427 g/mol. The van der Waals surface area contributed by atoms with E-state index in [0.717, 1.165) is 0 Å². The van der Waals surface area contributed by atoms with Crippen LogP contribution in [-0.4, -0.2) is 8.42 Å². The maximum absolute atomic E-state index is 13.7. The highest BCUT2D eigenvalue weighted by Gasteiger charge is 2.20. The molecule has 0 heterocycles. The van der Waals surface area contributed by atoms with Crippen LogP contribution in [-0.2, 0) is 10.0 Å². The van der Waals surface area contributed by atoms with Crippen LogP contribution in [0.4, 0.5) is 15.8 Å². The summed E-state index contributed by atoms with van der Waals surface area (Å²) in [5.74, 6) is -0.662. The molecule has 0 atom stereocenters. The predicted octanol–water partition coefficient (Wildman–Crippen LogP) is 4.04. The fraction of sp³-hybridized carbons (Fsp3) is 0.0769. The third kappa shape index (κ3) is 3.56. The topological polar surface area (TPSA) is 72.2 Å². The lowest BCUT2D eigenvalue weighted by Crippen LogP contribution is -2.15. The number of aryl methyl sites for hydroxylation is 1. The number of nitrogen functional groups attached to an aromatic ring is 1. The van der Waals surface area contributed by atoms with Gasteiger partial charge in [-0.05, 0) is 58.7 Å². The lowest BCUT2D eigenvalue weighted by atomic mass is 10.2. The number of sulfonamides is 1. The van der Waals surface area contributed by atoms with Crippen LogP contribution < -0.4 is 10.5 Å². The van der Waals surface area contributed by atoms with Gasteiger partial charge in [0, 0.05) is 14.6 Å². The molecular formula is C13H11Br2FN2O2S. The van der Waals surface area contributed by atoms with Crippen LogP contribution in [0.15, 0.2) is 44.2 Å². The Hall–Kier alpha value is -1.12. The van der Waals surface area contributed by atoms with Gasteiger partial charge in [0.15, 0.2) is 0 Å². The number of hydrogen-bond donors (Lipinski definition) is 2. The Kier molecular flexibility index (Phi) is 4.60. The fourth-order valence-corrected chi connectivity index (χ4v) is 3.87. The van der Waals surface area contributed by atoms with E-state index < -0.39 is 15.8 Å². The van der Waals surface area contributed by atoms with Crippen LogP contribution in [0.2, 0.25) is 0 Å². The van der Waals surface area contributed by atoms with Crippen LogP contribution in [0.25, 0.3) is 0 Å². The van der Waals surface area contributed by atoms with Crippen LogP contribution in [0, 0.1) is 12.7 Å². The Labute approximate surface area is 138 Å². The van der Waals surface area contributed by atoms with Crippen molar-refractivity contribution in [3.63, 3.8) is 0 Å². The zero-order valence-corrected chi connectivity index (χ0v) is 14.8. The standard InChI is InChI=1S/C13H11Br2FN2O2S/c1-7-4-9(15)11(17)6-13(7)21(19,20)18-12-5-8(14)2-3-10(12)16/h2-6,18H,17H2,1H3. The van der Waals surface area contributed by atoms with E-state index in [1.807, 2.05) is 0 Å². The smallest absolute Gasteiger partial charge is 0.262 e. The number of rotatable bonds is 3. The maximum atomic E-state index is 13.7. The number of hydrogen-bond acceptors (Lipinski definition) is 3. The summed E-state index contributed by atoms with van der Waals surface area (Å²) in [5.41, 5.74) is 6.37. The van der Waals surface area contributed by atoms with E-state index in [4.69, 9.17) is 5.73 Å². The second-order valence-corrected chi connectivity index (χ2v) is 7.79. The van der Waals surface area contributed by atoms with Crippen molar-refractivity contribution < 1.29 is 12.8 Å². The second kappa shape index (κ2) is 5.94. The normalized spacial score (nSPS) is 11.4. The second-order valence-electron chi connectivity index (χ2n) is 4.37. The van der Waals surface area contributed by atoms with Gasteiger partial charge >= 0.3 is 0 Å². The van der Waals surface area contributed by atoms with Crippen LogP contribution >= 0.6 is 31.9 Å². The summed E-state index contributed by atoms with van der Waals surface area (Å²) in [5, 5.41) is 0. The molecule has 0 saturated carbocycles. The van der Waals surface area contributed by atoms with E-state index in [0.29, 0.717) is 14.5 Å². The highest BCUT2D eigenvalue weighted by molar-refractivity contribution is 9.10. The number of anilines is 2. The third-order valence-electron chi connectivity index (χ3n) is 2.76. The Morgan fingerprint density at radius 1 is 1.19 bits per heavy atom. The molecule has 0 saturated heterocycles. The van der Waals surface area contributed by atoms with Crippen molar-refractivity contribution >= 4 is 53.3 Å². The molecule has 2 aromatic rings. The number of benzene rings is 2. The average molecular weight is 438 g/mol. The Bertz CT molecular complexity index is 810. The minimum absolute atomic E-state index is 0.00238. The zero-order valence-electron chi connectivity index (χ0n) is 10.8. The minimum Gasteiger partial charge on any atom is -0.398 e. The molecule has 3 N–H and O–H groups in total. The summed E-state index contributed by atoms with van der Waals surface area (Å²) in [7, 11) is -3.93. The molecule has 2 aromatic carbocycles. The lowest BCUT2D eigenvalue weighted by molar-refractivity contribution is 0.598. The van der Waals surface area contributed by atoms with Crippen molar-refractivity contribution in [3.05, 3.63) is 50.7 Å². The van der Waals surface area contributed by atoms with Gasteiger partial charge in [-0.2, -0.15) is 0 Å².